The molecule has 0 fully saturated rings. The van der Waals surface area contributed by atoms with Gasteiger partial charge in [0.05, 0.1) is 10.9 Å². The smallest absolute Gasteiger partial charge is 0.219 e. The van der Waals surface area contributed by atoms with E-state index in [1.54, 1.807) is 0 Å². The van der Waals surface area contributed by atoms with Gasteiger partial charge in [0.1, 0.15) is 11.6 Å². The van der Waals surface area contributed by atoms with Gasteiger partial charge in [0.2, 0.25) is 5.95 Å². The number of benzene rings is 1. The Kier molecular flexibility index (Phi) is 2.57. The molecule has 1 nitrogen and oxygen atoms in total. The van der Waals surface area contributed by atoms with Gasteiger partial charge in [-0.15, -0.1) is 0 Å². The molecule has 0 saturated carbocycles. The zero-order valence-electron chi connectivity index (χ0n) is 7.61. The summed E-state index contributed by atoms with van der Waals surface area (Å²) >= 11 is 1.86. The van der Waals surface area contributed by atoms with E-state index in [2.05, 4.69) is 4.98 Å². The number of pyridine rings is 1. The van der Waals surface area contributed by atoms with Gasteiger partial charge in [-0.3, -0.25) is 0 Å². The maximum atomic E-state index is 13.5. The highest BCUT2D eigenvalue weighted by molar-refractivity contribution is 14.1. The fourth-order valence-corrected chi connectivity index (χ4v) is 1.90. The van der Waals surface area contributed by atoms with Crippen molar-refractivity contribution in [3.8, 4) is 0 Å². The van der Waals surface area contributed by atoms with E-state index in [1.807, 2.05) is 22.6 Å². The lowest BCUT2D eigenvalue weighted by molar-refractivity contribution is 0.542. The van der Waals surface area contributed by atoms with E-state index in [9.17, 15) is 13.2 Å². The van der Waals surface area contributed by atoms with Crippen LogP contribution in [0.15, 0.2) is 12.1 Å². The zero-order valence-corrected chi connectivity index (χ0v) is 9.77. The van der Waals surface area contributed by atoms with Gasteiger partial charge in [0.15, 0.2) is 0 Å². The van der Waals surface area contributed by atoms with E-state index in [-0.39, 0.29) is 16.5 Å². The molecule has 0 saturated heterocycles. The normalized spacial score (nSPS) is 11.0. The van der Waals surface area contributed by atoms with Crippen LogP contribution in [0.4, 0.5) is 13.2 Å². The van der Waals surface area contributed by atoms with E-state index >= 15 is 0 Å². The van der Waals surface area contributed by atoms with Gasteiger partial charge in [0, 0.05) is 9.13 Å². The molecule has 5 heteroatoms. The van der Waals surface area contributed by atoms with Crippen LogP contribution in [0.2, 0.25) is 0 Å². The molecule has 0 aliphatic heterocycles. The minimum atomic E-state index is -0.901. The molecule has 0 aliphatic carbocycles. The quantitative estimate of drug-likeness (QED) is 0.534. The zero-order chi connectivity index (χ0) is 11.2. The van der Waals surface area contributed by atoms with E-state index < -0.39 is 17.6 Å². The minimum absolute atomic E-state index is 0.000000000000000222. The molecule has 0 amide bonds. The monoisotopic (exact) mass is 323 g/mol. The SMILES string of the molecule is Cc1c(F)nc2cc(I)cc(F)c2c1F. The average Bonchev–Trinajstić information content (AvgIpc) is 2.13. The summed E-state index contributed by atoms with van der Waals surface area (Å²) in [6, 6.07) is 2.62. The van der Waals surface area contributed by atoms with Gasteiger partial charge in [-0.05, 0) is 41.6 Å². The molecule has 1 heterocycles. The first-order valence-electron chi connectivity index (χ1n) is 4.11. The second-order valence-corrected chi connectivity index (χ2v) is 4.37. The van der Waals surface area contributed by atoms with Crippen molar-refractivity contribution in [1.29, 1.82) is 0 Å². The van der Waals surface area contributed by atoms with E-state index in [1.165, 1.54) is 19.1 Å². The molecule has 0 spiro atoms. The Morgan fingerprint density at radius 2 is 1.87 bits per heavy atom. The Morgan fingerprint density at radius 1 is 1.20 bits per heavy atom. The molecule has 0 aliphatic rings. The second kappa shape index (κ2) is 3.62. The molecule has 0 atom stereocenters. The van der Waals surface area contributed by atoms with Gasteiger partial charge >= 0.3 is 0 Å². The summed E-state index contributed by atoms with van der Waals surface area (Å²) in [4.78, 5) is 3.51. The van der Waals surface area contributed by atoms with Crippen molar-refractivity contribution >= 4 is 33.5 Å². The largest absolute Gasteiger partial charge is 0.219 e. The average molecular weight is 323 g/mol. The maximum absolute atomic E-state index is 13.5. The van der Waals surface area contributed by atoms with Gasteiger partial charge in [-0.25, -0.2) is 13.8 Å². The van der Waals surface area contributed by atoms with Crippen LogP contribution in [0.3, 0.4) is 0 Å². The lowest BCUT2D eigenvalue weighted by Gasteiger charge is -2.05. The fraction of sp³-hybridized carbons (Fsp3) is 0.100. The summed E-state index contributed by atoms with van der Waals surface area (Å²) in [5, 5.41) is -0.255. The summed E-state index contributed by atoms with van der Waals surface area (Å²) in [7, 11) is 0. The number of hydrogen-bond donors (Lipinski definition) is 0. The summed E-state index contributed by atoms with van der Waals surface area (Å²) in [5.74, 6) is -2.50. The van der Waals surface area contributed by atoms with Crippen LogP contribution in [0, 0.1) is 28.1 Å². The van der Waals surface area contributed by atoms with Crippen molar-refractivity contribution in [1.82, 2.24) is 4.98 Å². The maximum Gasteiger partial charge on any atom is 0.219 e. The molecular formula is C10H5F3IN. The molecule has 2 aromatic rings. The molecule has 1 aromatic carbocycles. The van der Waals surface area contributed by atoms with Crippen LogP contribution in [-0.4, -0.2) is 4.98 Å². The van der Waals surface area contributed by atoms with Crippen molar-refractivity contribution in [3.63, 3.8) is 0 Å². The predicted molar refractivity (Wildman–Crippen MR) is 59.1 cm³/mol. The molecule has 2 rings (SSSR count). The van der Waals surface area contributed by atoms with Crippen LogP contribution >= 0.6 is 22.6 Å². The highest BCUT2D eigenvalue weighted by Gasteiger charge is 2.15. The first kappa shape index (κ1) is 10.7. The summed E-state index contributed by atoms with van der Waals surface area (Å²) in [6.07, 6.45) is 0. The molecule has 0 radical (unpaired) electrons. The Bertz CT molecular complexity index is 554. The van der Waals surface area contributed by atoms with Crippen LogP contribution < -0.4 is 0 Å². The van der Waals surface area contributed by atoms with Crippen molar-refractivity contribution in [2.24, 2.45) is 0 Å². The third-order valence-corrected chi connectivity index (χ3v) is 2.73. The Labute approximate surface area is 97.5 Å². The first-order chi connectivity index (χ1) is 7.00. The summed E-state index contributed by atoms with van der Waals surface area (Å²) < 4.78 is 40.6. The number of halogens is 4. The molecular weight excluding hydrogens is 318 g/mol. The van der Waals surface area contributed by atoms with Crippen LogP contribution in [-0.2, 0) is 0 Å². The molecule has 15 heavy (non-hydrogen) atoms. The van der Waals surface area contributed by atoms with Crippen LogP contribution in [0.5, 0.6) is 0 Å². The standard InChI is InChI=1S/C10H5F3IN/c1-4-9(12)8-6(11)2-5(14)3-7(8)15-10(4)13/h2-3H,1H3. The Balaban J connectivity index is 2.99. The molecule has 78 valence electrons. The number of hydrogen-bond acceptors (Lipinski definition) is 1. The van der Waals surface area contributed by atoms with Crippen molar-refractivity contribution in [2.45, 2.75) is 6.92 Å². The van der Waals surface area contributed by atoms with E-state index in [0.29, 0.717) is 3.57 Å². The Morgan fingerprint density at radius 3 is 2.53 bits per heavy atom. The van der Waals surface area contributed by atoms with Crippen molar-refractivity contribution < 1.29 is 13.2 Å². The molecule has 0 unspecified atom stereocenters. The van der Waals surface area contributed by atoms with Crippen molar-refractivity contribution in [3.05, 3.63) is 38.8 Å². The summed E-state index contributed by atoms with van der Waals surface area (Å²) in [6.45, 7) is 1.23. The van der Waals surface area contributed by atoms with Gasteiger partial charge in [-0.1, -0.05) is 0 Å². The lowest BCUT2D eigenvalue weighted by Crippen LogP contribution is -1.98. The fourth-order valence-electron chi connectivity index (χ4n) is 1.33. The predicted octanol–water partition coefficient (Wildman–Crippen LogP) is 3.57. The Hall–Kier alpha value is -0.850. The van der Waals surface area contributed by atoms with E-state index in [4.69, 9.17) is 0 Å². The van der Waals surface area contributed by atoms with Crippen molar-refractivity contribution in [2.75, 3.05) is 0 Å². The van der Waals surface area contributed by atoms with Crippen LogP contribution in [0.25, 0.3) is 10.9 Å². The molecule has 1 aromatic heterocycles. The highest BCUT2D eigenvalue weighted by atomic mass is 127. The molecule has 0 N–H and O–H groups in total. The summed E-state index contributed by atoms with van der Waals surface area (Å²) in [5.41, 5.74) is -0.261. The lowest BCUT2D eigenvalue weighted by atomic mass is 10.1. The highest BCUT2D eigenvalue weighted by Crippen LogP contribution is 2.25. The third kappa shape index (κ3) is 1.68. The molecule has 0 bridgehead atoms. The topological polar surface area (TPSA) is 12.9 Å². The van der Waals surface area contributed by atoms with Crippen LogP contribution in [0.1, 0.15) is 5.56 Å². The first-order valence-corrected chi connectivity index (χ1v) is 5.19. The second-order valence-electron chi connectivity index (χ2n) is 3.12. The van der Waals surface area contributed by atoms with Gasteiger partial charge in [0.25, 0.3) is 0 Å². The number of rotatable bonds is 0. The minimum Gasteiger partial charge on any atom is -0.219 e. The number of aromatic nitrogens is 1. The number of nitrogens with zero attached hydrogens (tertiary/aromatic N) is 1. The number of fused-ring (bicyclic) bond motifs is 1. The van der Waals surface area contributed by atoms with Gasteiger partial charge < -0.3 is 0 Å². The van der Waals surface area contributed by atoms with E-state index in [0.717, 1.165) is 0 Å². The van der Waals surface area contributed by atoms with Gasteiger partial charge in [-0.2, -0.15) is 4.39 Å². The third-order valence-electron chi connectivity index (χ3n) is 2.11.